The summed E-state index contributed by atoms with van der Waals surface area (Å²) in [5, 5.41) is 0. The van der Waals surface area contributed by atoms with E-state index in [-0.39, 0.29) is 11.9 Å². The third-order valence-corrected chi connectivity index (χ3v) is 7.77. The van der Waals surface area contributed by atoms with Crippen LogP contribution in [0.1, 0.15) is 182 Å². The van der Waals surface area contributed by atoms with E-state index in [1.807, 2.05) is 0 Å². The molecular weight excluding hydrogens is 440 g/mol. The lowest BCUT2D eigenvalue weighted by Gasteiger charge is -2.22. The number of rotatable bonds is 28. The van der Waals surface area contributed by atoms with Crippen molar-refractivity contribution in [2.75, 3.05) is 6.61 Å². The molecule has 0 aromatic carbocycles. The molecule has 0 radical (unpaired) electrons. The molecule has 0 spiro atoms. The summed E-state index contributed by atoms with van der Waals surface area (Å²) in [4.78, 5) is 12.9. The number of ether oxygens (including phenoxy) is 1. The van der Waals surface area contributed by atoms with Crippen molar-refractivity contribution in [2.45, 2.75) is 182 Å². The molecule has 214 valence electrons. The quantitative estimate of drug-likeness (QED) is 0.0599. The second-order valence-electron chi connectivity index (χ2n) is 11.4. The van der Waals surface area contributed by atoms with Crippen LogP contribution in [0.15, 0.2) is 12.2 Å². The van der Waals surface area contributed by atoms with Crippen LogP contribution in [0.2, 0.25) is 0 Å². The van der Waals surface area contributed by atoms with Gasteiger partial charge >= 0.3 is 5.97 Å². The van der Waals surface area contributed by atoms with Crippen LogP contribution in [0.3, 0.4) is 0 Å². The minimum atomic E-state index is 0.0826. The van der Waals surface area contributed by atoms with Gasteiger partial charge in [0.1, 0.15) is 0 Å². The number of hydrogen-bond acceptors (Lipinski definition) is 2. The first-order valence-electron chi connectivity index (χ1n) is 16.5. The van der Waals surface area contributed by atoms with Gasteiger partial charge in [-0.15, -0.1) is 0 Å². The van der Waals surface area contributed by atoms with Crippen LogP contribution < -0.4 is 0 Å². The van der Waals surface area contributed by atoms with Gasteiger partial charge in [0.15, 0.2) is 0 Å². The van der Waals surface area contributed by atoms with Gasteiger partial charge in [0.05, 0.1) is 12.5 Å². The van der Waals surface area contributed by atoms with Crippen molar-refractivity contribution in [3.8, 4) is 0 Å². The number of unbranched alkanes of at least 4 members (excludes halogenated alkanes) is 18. The van der Waals surface area contributed by atoms with Crippen LogP contribution >= 0.6 is 0 Å². The van der Waals surface area contributed by atoms with Crippen molar-refractivity contribution < 1.29 is 9.53 Å². The molecule has 0 amide bonds. The van der Waals surface area contributed by atoms with E-state index in [1.165, 1.54) is 128 Å². The maximum atomic E-state index is 12.9. The van der Waals surface area contributed by atoms with Crippen LogP contribution in [-0.2, 0) is 9.53 Å². The molecule has 0 saturated carbocycles. The van der Waals surface area contributed by atoms with Crippen molar-refractivity contribution in [1.82, 2.24) is 0 Å². The largest absolute Gasteiger partial charge is 0.465 e. The molecule has 36 heavy (non-hydrogen) atoms. The molecule has 2 nitrogen and oxygen atoms in total. The number of carbonyl (C=O) groups excluding carboxylic acids is 1. The first-order valence-corrected chi connectivity index (χ1v) is 16.5. The highest BCUT2D eigenvalue weighted by Gasteiger charge is 2.25. The second kappa shape index (κ2) is 28.8. The van der Waals surface area contributed by atoms with Crippen LogP contribution in [0.4, 0.5) is 0 Å². The maximum Gasteiger partial charge on any atom is 0.309 e. The minimum absolute atomic E-state index is 0.0826. The van der Waals surface area contributed by atoms with Crippen LogP contribution in [-0.4, -0.2) is 12.6 Å². The highest BCUT2D eigenvalue weighted by Crippen LogP contribution is 2.26. The molecule has 2 unspecified atom stereocenters. The average molecular weight is 507 g/mol. The third-order valence-electron chi connectivity index (χ3n) is 7.77. The summed E-state index contributed by atoms with van der Waals surface area (Å²) in [5.41, 5.74) is 0. The van der Waals surface area contributed by atoms with Gasteiger partial charge in [0.2, 0.25) is 0 Å². The topological polar surface area (TPSA) is 26.3 Å². The van der Waals surface area contributed by atoms with E-state index in [0.29, 0.717) is 12.5 Å². The standard InChI is InChI=1S/C34H66O2/c1-5-8-11-13-15-17-18-19-20-21-22-23-25-27-30-33(32(4)29-10-7-3)34(35)36-31-28-26-24-16-14-12-9-6-2/h19-20,32-33H,5-18,21-31H2,1-4H3/b20-19-. The Morgan fingerprint density at radius 1 is 0.556 bits per heavy atom. The Bertz CT molecular complexity index is 470. The minimum Gasteiger partial charge on any atom is -0.465 e. The highest BCUT2D eigenvalue weighted by molar-refractivity contribution is 5.72. The molecule has 2 heteroatoms. The maximum absolute atomic E-state index is 12.9. The van der Waals surface area contributed by atoms with Crippen molar-refractivity contribution in [1.29, 1.82) is 0 Å². The molecule has 0 heterocycles. The fourth-order valence-electron chi connectivity index (χ4n) is 5.14. The Labute approximate surface area is 227 Å². The monoisotopic (exact) mass is 507 g/mol. The summed E-state index contributed by atoms with van der Waals surface area (Å²) in [7, 11) is 0. The summed E-state index contributed by atoms with van der Waals surface area (Å²) in [5.74, 6) is 0.628. The number of hydrogen-bond donors (Lipinski definition) is 0. The van der Waals surface area contributed by atoms with E-state index >= 15 is 0 Å². The molecule has 0 aliphatic carbocycles. The molecule has 0 aromatic heterocycles. The van der Waals surface area contributed by atoms with Gasteiger partial charge in [0.25, 0.3) is 0 Å². The number of esters is 1. The van der Waals surface area contributed by atoms with Gasteiger partial charge in [-0.1, -0.05) is 149 Å². The van der Waals surface area contributed by atoms with E-state index in [2.05, 4.69) is 39.8 Å². The van der Waals surface area contributed by atoms with Crippen molar-refractivity contribution >= 4 is 5.97 Å². The van der Waals surface area contributed by atoms with Gasteiger partial charge in [-0.3, -0.25) is 4.79 Å². The Morgan fingerprint density at radius 3 is 1.53 bits per heavy atom. The highest BCUT2D eigenvalue weighted by atomic mass is 16.5. The first-order chi connectivity index (χ1) is 17.7. The van der Waals surface area contributed by atoms with Crippen molar-refractivity contribution in [2.24, 2.45) is 11.8 Å². The summed E-state index contributed by atoms with van der Waals surface area (Å²) in [6, 6.07) is 0. The Hall–Kier alpha value is -0.790. The zero-order valence-corrected chi connectivity index (χ0v) is 25.3. The molecule has 0 aliphatic heterocycles. The normalized spacial score (nSPS) is 13.3. The van der Waals surface area contributed by atoms with Crippen molar-refractivity contribution in [3.63, 3.8) is 0 Å². The van der Waals surface area contributed by atoms with Crippen LogP contribution in [0.25, 0.3) is 0 Å². The summed E-state index contributed by atoms with van der Waals surface area (Å²) in [6.45, 7) is 9.68. The molecule has 0 fully saturated rings. The van der Waals surface area contributed by atoms with Gasteiger partial charge in [0, 0.05) is 0 Å². The zero-order chi connectivity index (χ0) is 26.5. The Balaban J connectivity index is 3.97. The third kappa shape index (κ3) is 23.6. The lowest BCUT2D eigenvalue weighted by molar-refractivity contribution is -0.151. The van der Waals surface area contributed by atoms with E-state index < -0.39 is 0 Å². The molecule has 2 atom stereocenters. The molecule has 0 rings (SSSR count). The zero-order valence-electron chi connectivity index (χ0n) is 25.3. The fourth-order valence-corrected chi connectivity index (χ4v) is 5.14. The summed E-state index contributed by atoms with van der Waals surface area (Å²) in [6.07, 6.45) is 35.4. The van der Waals surface area contributed by atoms with Gasteiger partial charge in [-0.25, -0.2) is 0 Å². The van der Waals surface area contributed by atoms with Crippen LogP contribution in [0, 0.1) is 11.8 Å². The smallest absolute Gasteiger partial charge is 0.309 e. The number of allylic oxidation sites excluding steroid dienone is 2. The Kier molecular flexibility index (Phi) is 28.1. The lowest BCUT2D eigenvalue weighted by Crippen LogP contribution is -2.25. The van der Waals surface area contributed by atoms with Crippen molar-refractivity contribution in [3.05, 3.63) is 12.2 Å². The van der Waals surface area contributed by atoms with E-state index in [4.69, 9.17) is 4.74 Å². The average Bonchev–Trinajstić information content (AvgIpc) is 2.88. The molecule has 0 aromatic rings. The second-order valence-corrected chi connectivity index (χ2v) is 11.4. The van der Waals surface area contributed by atoms with Gasteiger partial charge < -0.3 is 4.74 Å². The molecule has 0 bridgehead atoms. The predicted octanol–water partition coefficient (Wildman–Crippen LogP) is 11.8. The Morgan fingerprint density at radius 2 is 1.00 bits per heavy atom. The first kappa shape index (κ1) is 35.2. The SMILES string of the molecule is CCCCCCCC/C=C\CCCCCCC(C(=O)OCCCCCCCCCC)C(C)CCCC. The molecule has 0 N–H and O–H groups in total. The van der Waals surface area contributed by atoms with Gasteiger partial charge in [-0.2, -0.15) is 0 Å². The van der Waals surface area contributed by atoms with E-state index in [9.17, 15) is 4.79 Å². The summed E-state index contributed by atoms with van der Waals surface area (Å²) >= 11 is 0. The van der Waals surface area contributed by atoms with Gasteiger partial charge in [-0.05, 0) is 50.9 Å². The fraction of sp³-hybridized carbons (Fsp3) is 0.912. The van der Waals surface area contributed by atoms with E-state index in [0.717, 1.165) is 25.7 Å². The predicted molar refractivity (Wildman–Crippen MR) is 161 cm³/mol. The molecule has 0 aliphatic rings. The molecular formula is C34H66O2. The molecule has 0 saturated heterocycles. The summed E-state index contributed by atoms with van der Waals surface area (Å²) < 4.78 is 5.77. The van der Waals surface area contributed by atoms with E-state index in [1.54, 1.807) is 0 Å². The number of carbonyl (C=O) groups is 1. The lowest BCUT2D eigenvalue weighted by atomic mass is 9.85. The van der Waals surface area contributed by atoms with Crippen LogP contribution in [0.5, 0.6) is 0 Å².